The Labute approximate surface area is 117 Å². The average molecular weight is 281 g/mol. The van der Waals surface area contributed by atoms with Gasteiger partial charge in [-0.2, -0.15) is 0 Å². The summed E-state index contributed by atoms with van der Waals surface area (Å²) in [6.45, 7) is 5.18. The molecular formula is C14H19NO5. The third-order valence-electron chi connectivity index (χ3n) is 2.19. The second kappa shape index (κ2) is 6.91. The molecule has 1 aromatic carbocycles. The van der Waals surface area contributed by atoms with Crippen molar-refractivity contribution in [2.45, 2.75) is 32.8 Å². The van der Waals surface area contributed by atoms with Gasteiger partial charge in [-0.1, -0.05) is 12.1 Å². The Morgan fingerprint density at radius 1 is 1.20 bits per heavy atom. The Bertz CT molecular complexity index is 461. The molecule has 0 aliphatic heterocycles. The molecule has 0 aliphatic rings. The molecule has 0 bridgehead atoms. The monoisotopic (exact) mass is 281 g/mol. The van der Waals surface area contributed by atoms with Crippen LogP contribution in [0.4, 0.5) is 0 Å². The molecule has 20 heavy (non-hydrogen) atoms. The van der Waals surface area contributed by atoms with E-state index in [0.717, 1.165) is 5.56 Å². The number of hydroxylamine groups is 1. The van der Waals surface area contributed by atoms with Gasteiger partial charge >= 0.3 is 5.97 Å². The van der Waals surface area contributed by atoms with Crippen molar-refractivity contribution in [3.63, 3.8) is 0 Å². The van der Waals surface area contributed by atoms with Crippen LogP contribution in [-0.2, 0) is 20.7 Å². The van der Waals surface area contributed by atoms with Crippen LogP contribution in [0.3, 0.4) is 0 Å². The van der Waals surface area contributed by atoms with Gasteiger partial charge in [0.15, 0.2) is 6.61 Å². The van der Waals surface area contributed by atoms with E-state index >= 15 is 0 Å². The van der Waals surface area contributed by atoms with E-state index in [1.165, 1.54) is 0 Å². The second-order valence-electron chi connectivity index (χ2n) is 5.23. The SMILES string of the molecule is CC(C)(C)OC(=O)COc1ccc(CC(=O)NO)cc1. The van der Waals surface area contributed by atoms with Crippen molar-refractivity contribution in [2.24, 2.45) is 0 Å². The predicted octanol–water partition coefficient (Wildman–Crippen LogP) is 1.45. The largest absolute Gasteiger partial charge is 0.482 e. The van der Waals surface area contributed by atoms with E-state index in [4.69, 9.17) is 14.7 Å². The van der Waals surface area contributed by atoms with Gasteiger partial charge in [-0.3, -0.25) is 10.0 Å². The number of rotatable bonds is 5. The molecule has 2 N–H and O–H groups in total. The lowest BCUT2D eigenvalue weighted by Crippen LogP contribution is -2.27. The van der Waals surface area contributed by atoms with E-state index in [1.807, 2.05) is 0 Å². The summed E-state index contributed by atoms with van der Waals surface area (Å²) in [6, 6.07) is 6.65. The first-order chi connectivity index (χ1) is 9.30. The summed E-state index contributed by atoms with van der Waals surface area (Å²) in [5.41, 5.74) is 1.74. The van der Waals surface area contributed by atoms with Gasteiger partial charge in [0.05, 0.1) is 6.42 Å². The minimum atomic E-state index is -0.540. The quantitative estimate of drug-likeness (QED) is 0.485. The van der Waals surface area contributed by atoms with E-state index in [0.29, 0.717) is 5.75 Å². The number of ether oxygens (including phenoxy) is 2. The maximum absolute atomic E-state index is 11.5. The third-order valence-corrected chi connectivity index (χ3v) is 2.19. The lowest BCUT2D eigenvalue weighted by atomic mass is 10.1. The zero-order chi connectivity index (χ0) is 15.2. The average Bonchev–Trinajstić information content (AvgIpc) is 2.36. The van der Waals surface area contributed by atoms with Crippen LogP contribution < -0.4 is 10.2 Å². The van der Waals surface area contributed by atoms with Crippen molar-refractivity contribution in [3.8, 4) is 5.75 Å². The number of hydrogen-bond acceptors (Lipinski definition) is 5. The molecule has 0 heterocycles. The maximum Gasteiger partial charge on any atom is 0.344 e. The molecule has 0 fully saturated rings. The Morgan fingerprint density at radius 2 is 1.80 bits per heavy atom. The van der Waals surface area contributed by atoms with Crippen LogP contribution in [0.2, 0.25) is 0 Å². The highest BCUT2D eigenvalue weighted by atomic mass is 16.6. The molecule has 6 nitrogen and oxygen atoms in total. The highest BCUT2D eigenvalue weighted by Gasteiger charge is 2.16. The van der Waals surface area contributed by atoms with E-state index in [9.17, 15) is 9.59 Å². The number of carbonyl (C=O) groups is 2. The fourth-order valence-electron chi connectivity index (χ4n) is 1.44. The smallest absolute Gasteiger partial charge is 0.344 e. The van der Waals surface area contributed by atoms with Crippen molar-refractivity contribution < 1.29 is 24.3 Å². The van der Waals surface area contributed by atoms with Crippen molar-refractivity contribution in [1.29, 1.82) is 0 Å². The molecule has 0 saturated carbocycles. The van der Waals surface area contributed by atoms with Crippen molar-refractivity contribution in [1.82, 2.24) is 5.48 Å². The minimum absolute atomic E-state index is 0.0723. The van der Waals surface area contributed by atoms with E-state index < -0.39 is 17.5 Å². The number of amides is 1. The molecule has 1 rings (SSSR count). The van der Waals surface area contributed by atoms with Gasteiger partial charge in [0.1, 0.15) is 11.4 Å². The molecular weight excluding hydrogens is 262 g/mol. The predicted molar refractivity (Wildman–Crippen MR) is 71.4 cm³/mol. The zero-order valence-electron chi connectivity index (χ0n) is 11.8. The van der Waals surface area contributed by atoms with Gasteiger partial charge in [0, 0.05) is 0 Å². The zero-order valence-corrected chi connectivity index (χ0v) is 11.8. The van der Waals surface area contributed by atoms with E-state index in [1.54, 1.807) is 50.5 Å². The summed E-state index contributed by atoms with van der Waals surface area (Å²) in [4.78, 5) is 22.4. The second-order valence-corrected chi connectivity index (χ2v) is 5.23. The molecule has 0 radical (unpaired) electrons. The third kappa shape index (κ3) is 6.19. The molecule has 0 unspecified atom stereocenters. The van der Waals surface area contributed by atoms with Gasteiger partial charge < -0.3 is 9.47 Å². The number of benzene rings is 1. The summed E-state index contributed by atoms with van der Waals surface area (Å²) < 4.78 is 10.4. The van der Waals surface area contributed by atoms with Crippen LogP contribution in [0.1, 0.15) is 26.3 Å². The Balaban J connectivity index is 2.46. The molecule has 0 spiro atoms. The lowest BCUT2D eigenvalue weighted by Gasteiger charge is -2.19. The van der Waals surface area contributed by atoms with Crippen molar-refractivity contribution >= 4 is 11.9 Å². The normalized spacial score (nSPS) is 10.8. The summed E-state index contributed by atoms with van der Waals surface area (Å²) in [5, 5.41) is 8.41. The first-order valence-electron chi connectivity index (χ1n) is 6.16. The fourth-order valence-corrected chi connectivity index (χ4v) is 1.44. The minimum Gasteiger partial charge on any atom is -0.482 e. The highest BCUT2D eigenvalue weighted by Crippen LogP contribution is 2.13. The molecule has 0 aliphatic carbocycles. The number of nitrogens with one attached hydrogen (secondary N) is 1. The van der Waals surface area contributed by atoms with Crippen LogP contribution >= 0.6 is 0 Å². The number of carbonyl (C=O) groups excluding carboxylic acids is 2. The fraction of sp³-hybridized carbons (Fsp3) is 0.429. The molecule has 0 aromatic heterocycles. The summed E-state index contributed by atoms with van der Waals surface area (Å²) in [6.07, 6.45) is 0.0723. The molecule has 1 amide bonds. The van der Waals surface area contributed by atoms with Crippen molar-refractivity contribution in [3.05, 3.63) is 29.8 Å². The Hall–Kier alpha value is -2.08. The van der Waals surface area contributed by atoms with Gasteiger partial charge in [0.25, 0.3) is 0 Å². The Kier molecular flexibility index (Phi) is 5.52. The van der Waals surface area contributed by atoms with Crippen LogP contribution in [0, 0.1) is 0 Å². The summed E-state index contributed by atoms with van der Waals surface area (Å²) in [5.74, 6) is -0.433. The molecule has 110 valence electrons. The number of esters is 1. The standard InChI is InChI=1S/C14H19NO5/c1-14(2,3)20-13(17)9-19-11-6-4-10(5-7-11)8-12(16)15-18/h4-7,18H,8-9H2,1-3H3,(H,15,16). The Morgan fingerprint density at radius 3 is 2.30 bits per heavy atom. The lowest BCUT2D eigenvalue weighted by molar-refractivity contribution is -0.157. The summed E-state index contributed by atoms with van der Waals surface area (Å²) in [7, 11) is 0. The first-order valence-corrected chi connectivity index (χ1v) is 6.16. The topological polar surface area (TPSA) is 84.9 Å². The van der Waals surface area contributed by atoms with Crippen LogP contribution in [0.25, 0.3) is 0 Å². The highest BCUT2D eigenvalue weighted by molar-refractivity contribution is 5.77. The maximum atomic E-state index is 11.5. The molecule has 0 saturated heterocycles. The van der Waals surface area contributed by atoms with Gasteiger partial charge in [-0.05, 0) is 38.5 Å². The molecule has 1 aromatic rings. The molecule has 6 heteroatoms. The summed E-state index contributed by atoms with van der Waals surface area (Å²) >= 11 is 0. The molecule has 0 atom stereocenters. The van der Waals surface area contributed by atoms with Gasteiger partial charge in [-0.25, -0.2) is 10.3 Å². The van der Waals surface area contributed by atoms with Crippen molar-refractivity contribution in [2.75, 3.05) is 6.61 Å². The van der Waals surface area contributed by atoms with E-state index in [2.05, 4.69) is 0 Å². The van der Waals surface area contributed by atoms with Crippen LogP contribution in [-0.4, -0.2) is 29.3 Å². The first kappa shape index (κ1) is 16.0. The van der Waals surface area contributed by atoms with Gasteiger partial charge in [0.2, 0.25) is 5.91 Å². The van der Waals surface area contributed by atoms with Crippen LogP contribution in [0.5, 0.6) is 5.75 Å². The van der Waals surface area contributed by atoms with Gasteiger partial charge in [-0.15, -0.1) is 0 Å². The van der Waals surface area contributed by atoms with Crippen LogP contribution in [0.15, 0.2) is 24.3 Å². The number of hydrogen-bond donors (Lipinski definition) is 2. The van der Waals surface area contributed by atoms with E-state index in [-0.39, 0.29) is 13.0 Å².